The van der Waals surface area contributed by atoms with Gasteiger partial charge in [0.15, 0.2) is 5.82 Å². The average Bonchev–Trinajstić information content (AvgIpc) is 3.67. The van der Waals surface area contributed by atoms with Crippen LogP contribution in [-0.4, -0.2) is 53.4 Å². The number of esters is 1. The van der Waals surface area contributed by atoms with Crippen molar-refractivity contribution in [1.29, 1.82) is 0 Å². The van der Waals surface area contributed by atoms with Crippen LogP contribution in [0, 0.1) is 5.92 Å². The molecule has 1 N–H and O–H groups in total. The summed E-state index contributed by atoms with van der Waals surface area (Å²) in [5.41, 5.74) is 2.58. The molecule has 0 spiro atoms. The minimum absolute atomic E-state index is 0.0954. The van der Waals surface area contributed by atoms with Crippen molar-refractivity contribution in [3.05, 3.63) is 35.5 Å². The Hall–Kier alpha value is -3.10. The van der Waals surface area contributed by atoms with Gasteiger partial charge in [-0.15, -0.1) is 5.10 Å². The van der Waals surface area contributed by atoms with Gasteiger partial charge in [-0.2, -0.15) is 0 Å². The van der Waals surface area contributed by atoms with Crippen molar-refractivity contribution < 1.29 is 19.1 Å². The van der Waals surface area contributed by atoms with Crippen LogP contribution < -0.4 is 10.2 Å². The molecule has 37 heavy (non-hydrogen) atoms. The van der Waals surface area contributed by atoms with Crippen LogP contribution in [0.25, 0.3) is 0 Å². The molecule has 1 aromatic carbocycles. The molecule has 9 nitrogen and oxygen atoms in total. The smallest absolute Gasteiger partial charge is 0.413 e. The fourth-order valence-electron chi connectivity index (χ4n) is 6.12. The summed E-state index contributed by atoms with van der Waals surface area (Å²) in [7, 11) is 3.26. The molecular weight excluding hydrogens is 470 g/mol. The number of methoxy groups -OCH3 is 1. The lowest BCUT2D eigenvalue weighted by atomic mass is 9.86. The van der Waals surface area contributed by atoms with Crippen LogP contribution in [0.4, 0.5) is 16.3 Å². The van der Waals surface area contributed by atoms with E-state index in [0.29, 0.717) is 11.7 Å². The molecule has 2 saturated carbocycles. The number of ether oxygens (including phenoxy) is 2. The predicted octanol–water partition coefficient (Wildman–Crippen LogP) is 4.92. The van der Waals surface area contributed by atoms with Crippen molar-refractivity contribution in [3.63, 3.8) is 0 Å². The number of aromatic nitrogens is 3. The Morgan fingerprint density at radius 3 is 2.35 bits per heavy atom. The van der Waals surface area contributed by atoms with E-state index in [1.165, 1.54) is 26.4 Å². The van der Waals surface area contributed by atoms with Crippen LogP contribution in [0.1, 0.15) is 81.9 Å². The van der Waals surface area contributed by atoms with E-state index in [0.717, 1.165) is 68.6 Å². The van der Waals surface area contributed by atoms with Gasteiger partial charge in [0.1, 0.15) is 11.8 Å². The van der Waals surface area contributed by atoms with Crippen molar-refractivity contribution in [2.75, 3.05) is 30.4 Å². The predicted molar refractivity (Wildman–Crippen MR) is 141 cm³/mol. The Labute approximate surface area is 218 Å². The lowest BCUT2D eigenvalue weighted by Gasteiger charge is -2.33. The van der Waals surface area contributed by atoms with Crippen LogP contribution in [0.2, 0.25) is 0 Å². The first kappa shape index (κ1) is 25.5. The Bertz CT molecular complexity index is 1100. The first-order valence-corrected chi connectivity index (χ1v) is 13.7. The normalized spacial score (nSPS) is 20.8. The average molecular weight is 510 g/mol. The number of nitrogens with one attached hydrogen (secondary N) is 1. The topological polar surface area (TPSA) is 98.6 Å². The summed E-state index contributed by atoms with van der Waals surface area (Å²) < 4.78 is 12.4. The molecule has 5 rings (SSSR count). The number of carbonyl (C=O) groups is 2. The highest BCUT2D eigenvalue weighted by molar-refractivity contribution is 5.86. The van der Waals surface area contributed by atoms with Crippen molar-refractivity contribution in [3.8, 4) is 0 Å². The maximum atomic E-state index is 12.7. The molecule has 2 aliphatic carbocycles. The van der Waals surface area contributed by atoms with Gasteiger partial charge in [0.2, 0.25) is 0 Å². The zero-order valence-electron chi connectivity index (χ0n) is 22.2. The van der Waals surface area contributed by atoms with Gasteiger partial charge in [-0.25, -0.2) is 9.48 Å². The van der Waals surface area contributed by atoms with Crippen LogP contribution >= 0.6 is 0 Å². The molecule has 1 aromatic heterocycles. The van der Waals surface area contributed by atoms with Crippen molar-refractivity contribution >= 4 is 23.6 Å². The van der Waals surface area contributed by atoms with Crippen molar-refractivity contribution in [2.45, 2.75) is 82.1 Å². The summed E-state index contributed by atoms with van der Waals surface area (Å²) in [6.45, 7) is 3.76. The number of nitrogens with zero attached hydrogens (tertiary/aromatic N) is 4. The number of carbonyl (C=O) groups excluding carboxylic acids is 2. The number of benzene rings is 1. The second-order valence-corrected chi connectivity index (χ2v) is 11.0. The largest absolute Gasteiger partial charge is 0.468 e. The highest BCUT2D eigenvalue weighted by Crippen LogP contribution is 2.49. The van der Waals surface area contributed by atoms with E-state index in [4.69, 9.17) is 9.47 Å². The first-order valence-electron chi connectivity index (χ1n) is 13.7. The monoisotopic (exact) mass is 509 g/mol. The van der Waals surface area contributed by atoms with Gasteiger partial charge in [0.05, 0.1) is 12.5 Å². The Morgan fingerprint density at radius 1 is 1.05 bits per heavy atom. The van der Waals surface area contributed by atoms with Gasteiger partial charge in [0, 0.05) is 31.7 Å². The second kappa shape index (κ2) is 10.7. The summed E-state index contributed by atoms with van der Waals surface area (Å²) in [6, 6.07) is 8.35. The maximum absolute atomic E-state index is 12.7. The number of aryl methyl sites for hydroxylation is 1. The Balaban J connectivity index is 1.17. The third-order valence-electron chi connectivity index (χ3n) is 8.67. The first-order chi connectivity index (χ1) is 17.9. The summed E-state index contributed by atoms with van der Waals surface area (Å²) in [6.07, 6.45) is 8.96. The van der Waals surface area contributed by atoms with Crippen LogP contribution in [0.5, 0.6) is 0 Å². The molecule has 1 saturated heterocycles. The summed E-state index contributed by atoms with van der Waals surface area (Å²) >= 11 is 0. The lowest BCUT2D eigenvalue weighted by molar-refractivity contribution is -0.143. The van der Waals surface area contributed by atoms with E-state index in [1.807, 2.05) is 6.92 Å². The molecule has 2 aromatic rings. The minimum Gasteiger partial charge on any atom is -0.468 e. The van der Waals surface area contributed by atoms with E-state index < -0.39 is 11.5 Å². The molecule has 9 heteroatoms. The third kappa shape index (κ3) is 5.31. The molecular formula is C28H39N5O4. The number of amides is 1. The Morgan fingerprint density at radius 2 is 1.73 bits per heavy atom. The van der Waals surface area contributed by atoms with Gasteiger partial charge in [-0.05, 0) is 69.1 Å². The maximum Gasteiger partial charge on any atom is 0.413 e. The van der Waals surface area contributed by atoms with E-state index in [-0.39, 0.29) is 18.0 Å². The molecule has 0 unspecified atom stereocenters. The number of anilines is 2. The fraction of sp³-hybridized carbons (Fsp3) is 0.643. The van der Waals surface area contributed by atoms with E-state index >= 15 is 0 Å². The molecule has 3 aliphatic rings. The second-order valence-electron chi connectivity index (χ2n) is 11.0. The SMILES string of the molecule is COC(=O)C1(c2ccc(N3CCC(c4nnn(C)c4NC(=O)O[C@H](C)C4CCCCC4)CC3)cc2)CC1. The Kier molecular flexibility index (Phi) is 7.40. The lowest BCUT2D eigenvalue weighted by Crippen LogP contribution is -2.33. The number of hydrogen-bond donors (Lipinski definition) is 1. The molecule has 2 heterocycles. The molecule has 1 amide bonds. The highest BCUT2D eigenvalue weighted by Gasteiger charge is 2.52. The standard InChI is InChI=1S/C28H39N5O4/c1-19(20-7-5-4-6-8-20)37-27(35)29-25-24(30-31-32(25)2)21-13-17-33(18-14-21)23-11-9-22(10-12-23)28(15-16-28)26(34)36-3/h9-12,19-21H,4-8,13-18H2,1-3H3,(H,29,35)/t19-/m1/s1. The summed E-state index contributed by atoms with van der Waals surface area (Å²) in [5.74, 6) is 1.14. The summed E-state index contributed by atoms with van der Waals surface area (Å²) in [5, 5.41) is 11.5. The zero-order valence-corrected chi connectivity index (χ0v) is 22.2. The molecule has 1 atom stereocenters. The fourth-order valence-corrected chi connectivity index (χ4v) is 6.12. The van der Waals surface area contributed by atoms with Gasteiger partial charge in [-0.3, -0.25) is 10.1 Å². The molecule has 1 aliphatic heterocycles. The molecule has 200 valence electrons. The minimum atomic E-state index is -0.439. The molecule has 0 radical (unpaired) electrons. The van der Waals surface area contributed by atoms with Gasteiger partial charge >= 0.3 is 12.1 Å². The van der Waals surface area contributed by atoms with Gasteiger partial charge in [0.25, 0.3) is 0 Å². The highest BCUT2D eigenvalue weighted by atomic mass is 16.6. The van der Waals surface area contributed by atoms with Crippen LogP contribution in [-0.2, 0) is 26.7 Å². The van der Waals surface area contributed by atoms with Gasteiger partial charge in [-0.1, -0.05) is 36.6 Å². The third-order valence-corrected chi connectivity index (χ3v) is 8.67. The quantitative estimate of drug-likeness (QED) is 0.529. The van der Waals surface area contributed by atoms with E-state index in [2.05, 4.69) is 44.8 Å². The van der Waals surface area contributed by atoms with Gasteiger partial charge < -0.3 is 14.4 Å². The van der Waals surface area contributed by atoms with Crippen molar-refractivity contribution in [2.24, 2.45) is 13.0 Å². The number of hydrogen-bond acceptors (Lipinski definition) is 7. The van der Waals surface area contributed by atoms with Crippen molar-refractivity contribution in [1.82, 2.24) is 15.0 Å². The number of rotatable bonds is 7. The van der Waals surface area contributed by atoms with E-state index in [1.54, 1.807) is 11.7 Å². The van der Waals surface area contributed by atoms with Crippen LogP contribution in [0.3, 0.4) is 0 Å². The molecule has 0 bridgehead atoms. The summed E-state index contributed by atoms with van der Waals surface area (Å²) in [4.78, 5) is 27.3. The zero-order chi connectivity index (χ0) is 26.0. The number of piperidine rings is 1. The van der Waals surface area contributed by atoms with E-state index in [9.17, 15) is 9.59 Å². The van der Waals surface area contributed by atoms with Crippen LogP contribution in [0.15, 0.2) is 24.3 Å². The molecule has 3 fully saturated rings.